The van der Waals surface area contributed by atoms with Crippen LogP contribution in [0.25, 0.3) is 0 Å². The van der Waals surface area contributed by atoms with Crippen molar-refractivity contribution in [1.29, 1.82) is 0 Å². The van der Waals surface area contributed by atoms with Crippen LogP contribution < -0.4 is 15.0 Å². The number of piperazine rings is 1. The van der Waals surface area contributed by atoms with Crippen LogP contribution in [0.3, 0.4) is 0 Å². The number of nitrogens with zero attached hydrogens (tertiary/aromatic N) is 3. The van der Waals surface area contributed by atoms with Crippen LogP contribution in [-0.2, 0) is 17.6 Å². The summed E-state index contributed by atoms with van der Waals surface area (Å²) in [6, 6.07) is 12.9. The van der Waals surface area contributed by atoms with Crippen molar-refractivity contribution in [1.82, 2.24) is 10.2 Å². The molecule has 8 heteroatoms. The molecule has 2 atom stereocenters. The number of carbonyl (C=O) groups excluding carboxylic acids is 1. The number of anilines is 1. The maximum atomic E-state index is 13.2. The third-order valence-corrected chi connectivity index (χ3v) is 6.32. The summed E-state index contributed by atoms with van der Waals surface area (Å²) in [6.45, 7) is 3.05. The van der Waals surface area contributed by atoms with Gasteiger partial charge in [0.05, 0.1) is 24.0 Å². The fourth-order valence-corrected chi connectivity index (χ4v) is 4.62. The van der Waals surface area contributed by atoms with Crippen LogP contribution in [0.5, 0.6) is 5.75 Å². The van der Waals surface area contributed by atoms with Crippen molar-refractivity contribution < 1.29 is 14.5 Å². The van der Waals surface area contributed by atoms with E-state index in [4.69, 9.17) is 4.74 Å². The molecule has 1 amide bonds. The quantitative estimate of drug-likeness (QED) is 0.565. The summed E-state index contributed by atoms with van der Waals surface area (Å²) in [5, 5.41) is 14.3. The molecular formula is C23H28N4O4. The normalized spacial score (nSPS) is 20.5. The highest BCUT2D eigenvalue weighted by Gasteiger charge is 2.41. The van der Waals surface area contributed by atoms with Gasteiger partial charge in [-0.3, -0.25) is 14.9 Å². The van der Waals surface area contributed by atoms with Crippen molar-refractivity contribution in [2.45, 2.75) is 18.9 Å². The third kappa shape index (κ3) is 4.49. The number of likely N-dealkylation sites (N-methyl/N-ethyl adjacent to an activating group) is 1. The van der Waals surface area contributed by atoms with Crippen LogP contribution in [0.1, 0.15) is 11.1 Å². The van der Waals surface area contributed by atoms with Crippen LogP contribution in [0.4, 0.5) is 11.4 Å². The summed E-state index contributed by atoms with van der Waals surface area (Å²) < 4.78 is 5.18. The van der Waals surface area contributed by atoms with E-state index in [0.29, 0.717) is 13.0 Å². The van der Waals surface area contributed by atoms with Gasteiger partial charge in [0.2, 0.25) is 5.91 Å². The van der Waals surface area contributed by atoms with E-state index in [1.165, 1.54) is 0 Å². The second-order valence-electron chi connectivity index (χ2n) is 8.29. The second kappa shape index (κ2) is 8.93. The monoisotopic (exact) mass is 424 g/mol. The Balaban J connectivity index is 1.48. The van der Waals surface area contributed by atoms with E-state index in [2.05, 4.69) is 22.2 Å². The van der Waals surface area contributed by atoms with E-state index < -0.39 is 0 Å². The first kappa shape index (κ1) is 21.1. The number of methoxy groups -OCH3 is 1. The molecule has 0 radical (unpaired) electrons. The minimum Gasteiger partial charge on any atom is -0.497 e. The molecule has 2 heterocycles. The average Bonchev–Trinajstić information content (AvgIpc) is 2.78. The van der Waals surface area contributed by atoms with Gasteiger partial charge in [0.25, 0.3) is 5.69 Å². The molecule has 0 bridgehead atoms. The van der Waals surface area contributed by atoms with Gasteiger partial charge in [-0.25, -0.2) is 0 Å². The number of nitrogens with one attached hydrogen (secondary N) is 1. The van der Waals surface area contributed by atoms with Gasteiger partial charge >= 0.3 is 0 Å². The lowest BCUT2D eigenvalue weighted by Crippen LogP contribution is -2.60. The summed E-state index contributed by atoms with van der Waals surface area (Å²) in [7, 11) is 3.71. The van der Waals surface area contributed by atoms with Crippen molar-refractivity contribution >= 4 is 17.3 Å². The number of ether oxygens (including phenoxy) is 1. The van der Waals surface area contributed by atoms with Gasteiger partial charge in [0.15, 0.2) is 0 Å². The lowest BCUT2D eigenvalue weighted by atomic mass is 9.83. The van der Waals surface area contributed by atoms with Crippen LogP contribution in [-0.4, -0.2) is 62.1 Å². The van der Waals surface area contributed by atoms with Gasteiger partial charge in [-0.2, -0.15) is 0 Å². The van der Waals surface area contributed by atoms with E-state index in [1.807, 2.05) is 30.3 Å². The Kier molecular flexibility index (Phi) is 6.08. The van der Waals surface area contributed by atoms with Crippen LogP contribution >= 0.6 is 0 Å². The first-order chi connectivity index (χ1) is 15.0. The number of hydrogen-bond acceptors (Lipinski definition) is 6. The Morgan fingerprint density at radius 3 is 2.71 bits per heavy atom. The van der Waals surface area contributed by atoms with Crippen LogP contribution in [0.2, 0.25) is 0 Å². The number of rotatable bonds is 6. The largest absolute Gasteiger partial charge is 0.497 e. The molecule has 2 aromatic rings. The molecule has 31 heavy (non-hydrogen) atoms. The number of carbonyl (C=O) groups is 1. The van der Waals surface area contributed by atoms with E-state index in [0.717, 1.165) is 48.6 Å². The molecule has 0 spiro atoms. The van der Waals surface area contributed by atoms with Gasteiger partial charge in [-0.1, -0.05) is 12.1 Å². The second-order valence-corrected chi connectivity index (χ2v) is 8.29. The number of nitro groups is 1. The number of benzene rings is 2. The lowest BCUT2D eigenvalue weighted by molar-refractivity contribution is -0.384. The molecule has 1 fully saturated rings. The SMILES string of the molecule is COc1ccc(CCNC(=O)C2Cc3cc([N+](=O)[O-])ccc3N3CCN(C)CC23)cc1. The van der Waals surface area contributed by atoms with Gasteiger partial charge in [-0.05, 0) is 49.2 Å². The molecule has 2 aromatic carbocycles. The first-order valence-electron chi connectivity index (χ1n) is 10.6. The molecule has 4 rings (SSSR count). The molecule has 0 aliphatic carbocycles. The third-order valence-electron chi connectivity index (χ3n) is 6.32. The minimum absolute atomic E-state index is 0.0102. The van der Waals surface area contributed by atoms with Crippen molar-refractivity contribution in [2.24, 2.45) is 5.92 Å². The Morgan fingerprint density at radius 1 is 1.23 bits per heavy atom. The topological polar surface area (TPSA) is 87.9 Å². The highest BCUT2D eigenvalue weighted by molar-refractivity contribution is 5.82. The average molecular weight is 425 g/mol. The van der Waals surface area contributed by atoms with Crippen molar-refractivity contribution in [2.75, 3.05) is 45.2 Å². The number of nitro benzene ring substituents is 1. The summed E-state index contributed by atoms with van der Waals surface area (Å²) in [5.74, 6) is 0.577. The van der Waals surface area contributed by atoms with Crippen LogP contribution in [0.15, 0.2) is 42.5 Å². The number of non-ortho nitro benzene ring substituents is 1. The zero-order valence-corrected chi connectivity index (χ0v) is 17.9. The fourth-order valence-electron chi connectivity index (χ4n) is 4.62. The predicted octanol–water partition coefficient (Wildman–Crippen LogP) is 2.25. The Bertz CT molecular complexity index is 963. The number of hydrogen-bond donors (Lipinski definition) is 1. The zero-order valence-electron chi connectivity index (χ0n) is 17.9. The molecular weight excluding hydrogens is 396 g/mol. The standard InChI is InChI=1S/C23H28N4O4/c1-25-11-12-26-21-8-5-18(27(29)30)13-17(21)14-20(22(26)15-25)23(28)24-10-9-16-3-6-19(31-2)7-4-16/h3-8,13,20,22H,9-12,14-15H2,1-2H3,(H,24,28). The summed E-state index contributed by atoms with van der Waals surface area (Å²) in [6.07, 6.45) is 1.25. The zero-order chi connectivity index (χ0) is 22.0. The van der Waals surface area contributed by atoms with Gasteiger partial charge in [-0.15, -0.1) is 0 Å². The van der Waals surface area contributed by atoms with Crippen molar-refractivity contribution in [3.63, 3.8) is 0 Å². The van der Waals surface area contributed by atoms with Gasteiger partial charge < -0.3 is 19.9 Å². The molecule has 2 aliphatic heterocycles. The highest BCUT2D eigenvalue weighted by atomic mass is 16.6. The van der Waals surface area contributed by atoms with E-state index in [9.17, 15) is 14.9 Å². The minimum atomic E-state index is -0.375. The smallest absolute Gasteiger partial charge is 0.269 e. The van der Waals surface area contributed by atoms with Crippen molar-refractivity contribution in [3.05, 3.63) is 63.7 Å². The molecule has 2 unspecified atom stereocenters. The summed E-state index contributed by atoms with van der Waals surface area (Å²) >= 11 is 0. The van der Waals surface area contributed by atoms with Crippen molar-refractivity contribution in [3.8, 4) is 5.75 Å². The fraction of sp³-hybridized carbons (Fsp3) is 0.435. The molecule has 2 aliphatic rings. The highest BCUT2D eigenvalue weighted by Crippen LogP contribution is 2.37. The van der Waals surface area contributed by atoms with E-state index in [1.54, 1.807) is 19.2 Å². The summed E-state index contributed by atoms with van der Waals surface area (Å²) in [4.78, 5) is 28.5. The Morgan fingerprint density at radius 2 is 2.00 bits per heavy atom. The molecule has 164 valence electrons. The molecule has 0 saturated carbocycles. The Hall–Kier alpha value is -3.13. The van der Waals surface area contributed by atoms with E-state index in [-0.39, 0.29) is 28.5 Å². The van der Waals surface area contributed by atoms with Gasteiger partial charge in [0, 0.05) is 44.0 Å². The number of amides is 1. The molecule has 0 aromatic heterocycles. The predicted molar refractivity (Wildman–Crippen MR) is 119 cm³/mol. The first-order valence-corrected chi connectivity index (χ1v) is 10.6. The maximum Gasteiger partial charge on any atom is 0.269 e. The molecule has 1 saturated heterocycles. The number of fused-ring (bicyclic) bond motifs is 3. The Labute approximate surface area is 181 Å². The maximum absolute atomic E-state index is 13.2. The van der Waals surface area contributed by atoms with E-state index >= 15 is 0 Å². The molecule has 1 N–H and O–H groups in total. The lowest BCUT2D eigenvalue weighted by Gasteiger charge is -2.48. The summed E-state index contributed by atoms with van der Waals surface area (Å²) in [5.41, 5.74) is 3.10. The molecule has 8 nitrogen and oxygen atoms in total. The van der Waals surface area contributed by atoms with Crippen LogP contribution in [0, 0.1) is 16.0 Å². The van der Waals surface area contributed by atoms with Gasteiger partial charge in [0.1, 0.15) is 5.75 Å².